The number of esters is 1. The zero-order chi connectivity index (χ0) is 22.8. The summed E-state index contributed by atoms with van der Waals surface area (Å²) in [6.45, 7) is 1.77. The number of hydrogen-bond acceptors (Lipinski definition) is 2. The highest BCUT2D eigenvalue weighted by molar-refractivity contribution is 5.75. The van der Waals surface area contributed by atoms with Crippen molar-refractivity contribution in [3.8, 4) is 0 Å². The third-order valence-corrected chi connectivity index (χ3v) is 4.07. The van der Waals surface area contributed by atoms with Crippen molar-refractivity contribution in [2.45, 2.75) is 76.3 Å². The lowest BCUT2D eigenvalue weighted by Gasteiger charge is -2.31. The minimum Gasteiger partial charge on any atom is -0.459 e. The second kappa shape index (κ2) is 8.21. The van der Waals surface area contributed by atoms with Gasteiger partial charge >= 0.3 is 35.8 Å². The largest absolute Gasteiger partial charge is 0.459 e. The maximum Gasteiger partial charge on any atom is 0.395 e. The maximum absolute atomic E-state index is 13.6. The molecule has 0 aromatic carbocycles. The number of ether oxygens (including phenoxy) is 1. The molecule has 0 saturated carbocycles. The molecule has 0 N–H and O–H groups in total. The highest BCUT2D eigenvalue weighted by Crippen LogP contribution is 2.47. The molecule has 0 radical (unpaired) electrons. The minimum absolute atomic E-state index is 0.0916. The Bertz CT molecular complexity index is 539. The van der Waals surface area contributed by atoms with Crippen LogP contribution < -0.4 is 0 Å². The second-order valence-electron chi connectivity index (χ2n) is 6.92. The highest BCUT2D eigenvalue weighted by Gasteiger charge is 2.64. The number of carbonyl (C=O) groups excluding carboxylic acids is 1. The molecule has 0 aliphatic carbocycles. The van der Waals surface area contributed by atoms with E-state index in [4.69, 9.17) is 0 Å². The van der Waals surface area contributed by atoms with Crippen LogP contribution in [0.4, 0.5) is 48.3 Å². The Labute approximate surface area is 153 Å². The van der Waals surface area contributed by atoms with Gasteiger partial charge in [0.2, 0.25) is 0 Å². The first-order valence-electron chi connectivity index (χ1n) is 7.85. The molecule has 0 atom stereocenters. The standard InChI is InChI=1S/C15H19F11O2/c1-4-10(2,3)9(27)28-8-14(22,23)12(18,19)6-5-11(16,17)13(20,21)7-15(24,25)26/h4-8H2,1-3H3. The molecular formula is C15H19F11O2. The molecule has 0 spiro atoms. The Morgan fingerprint density at radius 1 is 0.714 bits per heavy atom. The number of rotatable bonds is 10. The topological polar surface area (TPSA) is 26.3 Å². The Morgan fingerprint density at radius 3 is 1.46 bits per heavy atom. The molecule has 0 aliphatic rings. The van der Waals surface area contributed by atoms with E-state index >= 15 is 0 Å². The van der Waals surface area contributed by atoms with Gasteiger partial charge < -0.3 is 4.74 Å². The summed E-state index contributed by atoms with van der Waals surface area (Å²) in [6.07, 6.45) is -14.2. The lowest BCUT2D eigenvalue weighted by molar-refractivity contribution is -0.278. The highest BCUT2D eigenvalue weighted by atomic mass is 19.4. The van der Waals surface area contributed by atoms with Gasteiger partial charge in [-0.3, -0.25) is 4.79 Å². The summed E-state index contributed by atoms with van der Waals surface area (Å²) in [5.41, 5.74) is -1.31. The van der Waals surface area contributed by atoms with E-state index in [1.54, 1.807) is 0 Å². The molecule has 0 saturated heterocycles. The first kappa shape index (κ1) is 26.7. The van der Waals surface area contributed by atoms with Crippen molar-refractivity contribution in [1.29, 1.82) is 0 Å². The van der Waals surface area contributed by atoms with Crippen LogP contribution in [0.25, 0.3) is 0 Å². The molecule has 168 valence electrons. The van der Waals surface area contributed by atoms with Gasteiger partial charge in [-0.1, -0.05) is 6.92 Å². The molecule has 0 amide bonds. The van der Waals surface area contributed by atoms with Gasteiger partial charge in [-0.15, -0.1) is 0 Å². The Balaban J connectivity index is 5.12. The number of hydrogen-bond donors (Lipinski definition) is 0. The van der Waals surface area contributed by atoms with E-state index in [0.717, 1.165) is 0 Å². The summed E-state index contributed by atoms with van der Waals surface area (Å²) in [6, 6.07) is 0. The van der Waals surface area contributed by atoms with Crippen LogP contribution in [0.15, 0.2) is 0 Å². The first-order chi connectivity index (χ1) is 12.1. The van der Waals surface area contributed by atoms with E-state index in [1.807, 2.05) is 0 Å². The molecule has 2 nitrogen and oxygen atoms in total. The van der Waals surface area contributed by atoms with Gasteiger partial charge in [0.25, 0.3) is 0 Å². The molecular weight excluding hydrogens is 421 g/mol. The average Bonchev–Trinajstić information content (AvgIpc) is 2.48. The summed E-state index contributed by atoms with van der Waals surface area (Å²) in [5.74, 6) is -23.2. The Kier molecular flexibility index (Phi) is 7.83. The van der Waals surface area contributed by atoms with Crippen LogP contribution in [0, 0.1) is 5.41 Å². The molecule has 0 aromatic rings. The average molecular weight is 440 g/mol. The van der Waals surface area contributed by atoms with Crippen LogP contribution >= 0.6 is 0 Å². The van der Waals surface area contributed by atoms with Gasteiger partial charge in [-0.2, -0.15) is 48.3 Å². The lowest BCUT2D eigenvalue weighted by Crippen LogP contribution is -2.49. The molecule has 13 heteroatoms. The smallest absolute Gasteiger partial charge is 0.395 e. The Hall–Kier alpha value is -1.30. The van der Waals surface area contributed by atoms with Crippen molar-refractivity contribution in [2.75, 3.05) is 6.61 Å². The maximum atomic E-state index is 13.6. The second-order valence-corrected chi connectivity index (χ2v) is 6.92. The monoisotopic (exact) mass is 440 g/mol. The van der Waals surface area contributed by atoms with Gasteiger partial charge in [0.05, 0.1) is 5.41 Å². The van der Waals surface area contributed by atoms with Crippen molar-refractivity contribution in [3.63, 3.8) is 0 Å². The predicted octanol–water partition coefficient (Wildman–Crippen LogP) is 6.24. The van der Waals surface area contributed by atoms with Crippen LogP contribution in [-0.2, 0) is 9.53 Å². The normalized spacial score (nSPS) is 14.9. The van der Waals surface area contributed by atoms with Gasteiger partial charge in [0.15, 0.2) is 6.61 Å². The molecule has 0 rings (SSSR count). The number of carbonyl (C=O) groups is 1. The van der Waals surface area contributed by atoms with Crippen LogP contribution in [0.1, 0.15) is 46.5 Å². The van der Waals surface area contributed by atoms with E-state index in [9.17, 15) is 53.1 Å². The molecule has 0 aromatic heterocycles. The van der Waals surface area contributed by atoms with Gasteiger partial charge in [0.1, 0.15) is 6.42 Å². The molecule has 0 aliphatic heterocycles. The minimum atomic E-state index is -5.77. The summed E-state index contributed by atoms with van der Waals surface area (Å²) in [4.78, 5) is 11.5. The summed E-state index contributed by atoms with van der Waals surface area (Å²) < 4.78 is 147. The van der Waals surface area contributed by atoms with E-state index in [-0.39, 0.29) is 6.42 Å². The van der Waals surface area contributed by atoms with Crippen LogP contribution in [0.2, 0.25) is 0 Å². The van der Waals surface area contributed by atoms with Gasteiger partial charge in [-0.05, 0) is 20.3 Å². The predicted molar refractivity (Wildman–Crippen MR) is 74.7 cm³/mol. The zero-order valence-electron chi connectivity index (χ0n) is 15.0. The van der Waals surface area contributed by atoms with Crippen molar-refractivity contribution >= 4 is 5.97 Å². The first-order valence-corrected chi connectivity index (χ1v) is 7.85. The molecule has 0 unspecified atom stereocenters. The molecule has 0 heterocycles. The van der Waals surface area contributed by atoms with E-state index in [2.05, 4.69) is 4.74 Å². The van der Waals surface area contributed by atoms with Crippen molar-refractivity contribution in [2.24, 2.45) is 5.41 Å². The van der Waals surface area contributed by atoms with Crippen LogP contribution in [-0.4, -0.2) is 42.4 Å². The quantitative estimate of drug-likeness (QED) is 0.297. The SMILES string of the molecule is CCC(C)(C)C(=O)OCC(F)(F)C(F)(F)CCC(F)(F)C(F)(F)CC(F)(F)F. The molecule has 0 fully saturated rings. The van der Waals surface area contributed by atoms with Gasteiger partial charge in [0, 0.05) is 12.8 Å². The van der Waals surface area contributed by atoms with E-state index in [1.165, 1.54) is 20.8 Å². The van der Waals surface area contributed by atoms with E-state index in [0.29, 0.717) is 0 Å². The van der Waals surface area contributed by atoms with Crippen molar-refractivity contribution < 1.29 is 57.8 Å². The third-order valence-electron chi connectivity index (χ3n) is 4.07. The van der Waals surface area contributed by atoms with Gasteiger partial charge in [-0.25, -0.2) is 0 Å². The van der Waals surface area contributed by atoms with Crippen LogP contribution in [0.5, 0.6) is 0 Å². The van der Waals surface area contributed by atoms with Crippen LogP contribution in [0.3, 0.4) is 0 Å². The van der Waals surface area contributed by atoms with E-state index < -0.39 is 67.1 Å². The fourth-order valence-corrected chi connectivity index (χ4v) is 1.66. The summed E-state index contributed by atoms with van der Waals surface area (Å²) >= 11 is 0. The Morgan fingerprint density at radius 2 is 1.11 bits per heavy atom. The fraction of sp³-hybridized carbons (Fsp3) is 0.933. The molecule has 0 bridgehead atoms. The third kappa shape index (κ3) is 6.94. The van der Waals surface area contributed by atoms with Crippen molar-refractivity contribution in [3.05, 3.63) is 0 Å². The fourth-order valence-electron chi connectivity index (χ4n) is 1.66. The lowest BCUT2D eigenvalue weighted by atomic mass is 9.90. The molecule has 28 heavy (non-hydrogen) atoms. The summed E-state index contributed by atoms with van der Waals surface area (Å²) in [7, 11) is 0. The zero-order valence-corrected chi connectivity index (χ0v) is 15.0. The van der Waals surface area contributed by atoms with Crippen molar-refractivity contribution in [1.82, 2.24) is 0 Å². The number of halogens is 11. The number of alkyl halides is 11. The summed E-state index contributed by atoms with van der Waals surface area (Å²) in [5, 5.41) is 0.